The van der Waals surface area contributed by atoms with E-state index in [1.165, 1.54) is 14.2 Å². The second kappa shape index (κ2) is 6.73. The van der Waals surface area contributed by atoms with Gasteiger partial charge in [-0.15, -0.1) is 0 Å². The van der Waals surface area contributed by atoms with E-state index >= 15 is 0 Å². The van der Waals surface area contributed by atoms with Gasteiger partial charge in [-0.05, 0) is 35.4 Å². The molecule has 1 aliphatic heterocycles. The van der Waals surface area contributed by atoms with Gasteiger partial charge < -0.3 is 20.1 Å². The molecule has 0 saturated carbocycles. The van der Waals surface area contributed by atoms with E-state index < -0.39 is 11.1 Å². The van der Waals surface area contributed by atoms with Crippen LogP contribution in [0.4, 0.5) is 0 Å². The van der Waals surface area contributed by atoms with Crippen molar-refractivity contribution in [2.24, 2.45) is 0 Å². The van der Waals surface area contributed by atoms with E-state index in [1.54, 1.807) is 24.3 Å². The maximum absolute atomic E-state index is 13.5. The summed E-state index contributed by atoms with van der Waals surface area (Å²) in [6.45, 7) is 0. The Morgan fingerprint density at radius 2 is 1.09 bits per heavy atom. The van der Waals surface area contributed by atoms with Crippen LogP contribution in [-0.2, 0) is 35.3 Å². The second-order valence-corrected chi connectivity index (χ2v) is 8.55. The van der Waals surface area contributed by atoms with Crippen LogP contribution in [0, 0.1) is 22.7 Å². The summed E-state index contributed by atoms with van der Waals surface area (Å²) in [4.78, 5) is 27.0. The van der Waals surface area contributed by atoms with Gasteiger partial charge in [0.15, 0.2) is 0 Å². The summed E-state index contributed by atoms with van der Waals surface area (Å²) >= 11 is 0. The lowest BCUT2D eigenvalue weighted by Gasteiger charge is -2.43. The van der Waals surface area contributed by atoms with Gasteiger partial charge in [0.25, 0.3) is 0 Å². The van der Waals surface area contributed by atoms with Crippen molar-refractivity contribution in [1.82, 2.24) is 10.6 Å². The largest absolute Gasteiger partial charge is 0.496 e. The number of fused-ring (bicyclic) bond motifs is 2. The molecule has 0 radical (unpaired) electrons. The highest BCUT2D eigenvalue weighted by atomic mass is 16.5. The average Bonchev–Trinajstić information content (AvgIpc) is 3.37. The molecule has 2 aromatic carbocycles. The molecular weight excluding hydrogens is 408 g/mol. The second-order valence-electron chi connectivity index (χ2n) is 8.55. The number of carbonyl (C=O) groups excluding carboxylic acids is 2. The minimum atomic E-state index is -1.18. The van der Waals surface area contributed by atoms with Crippen molar-refractivity contribution in [3.63, 3.8) is 0 Å². The molecule has 0 unspecified atom stereocenters. The minimum Gasteiger partial charge on any atom is -0.496 e. The van der Waals surface area contributed by atoms with Gasteiger partial charge in [-0.1, -0.05) is 0 Å². The first-order valence-electron chi connectivity index (χ1n) is 10.2. The Morgan fingerprint density at radius 3 is 1.44 bits per heavy atom. The molecule has 2 atom stereocenters. The lowest BCUT2D eigenvalue weighted by molar-refractivity contribution is -0.145. The van der Waals surface area contributed by atoms with E-state index in [2.05, 4.69) is 22.8 Å². The molecule has 2 spiro atoms. The fourth-order valence-corrected chi connectivity index (χ4v) is 5.34. The summed E-state index contributed by atoms with van der Waals surface area (Å²) in [5.41, 5.74) is 1.56. The Bertz CT molecular complexity index is 1190. The highest BCUT2D eigenvalue weighted by Crippen LogP contribution is 2.43. The van der Waals surface area contributed by atoms with Crippen LogP contribution < -0.4 is 20.1 Å². The molecule has 0 aromatic heterocycles. The molecule has 8 heteroatoms. The van der Waals surface area contributed by atoms with Crippen molar-refractivity contribution in [3.8, 4) is 23.6 Å². The van der Waals surface area contributed by atoms with Crippen molar-refractivity contribution in [3.05, 3.63) is 57.6 Å². The number of nitriles is 2. The van der Waals surface area contributed by atoms with E-state index in [1.807, 2.05) is 0 Å². The topological polar surface area (TPSA) is 124 Å². The normalized spacial score (nSPS) is 24.9. The zero-order valence-corrected chi connectivity index (χ0v) is 17.7. The summed E-state index contributed by atoms with van der Waals surface area (Å²) in [6.07, 6.45) is 0.925. The number of methoxy groups -OCH3 is 2. The highest BCUT2D eigenvalue weighted by molar-refractivity contribution is 6.04. The number of nitrogens with zero attached hydrogens (tertiary/aromatic N) is 2. The monoisotopic (exact) mass is 428 g/mol. The standard InChI is InChI=1S/C24H20N4O4/c1-31-19-5-3-13(11-25)15-7-23(9-17(15)19)21(29)28-24(22(30)27-23)8-16-14(12-26)4-6-20(32-2)18(16)10-24/h3-6H,7-10H2,1-2H3,(H,27,30)(H,28,29)/t23-,24-/m1/s1. The number of hydrogen-bond donors (Lipinski definition) is 2. The molecule has 2 N–H and O–H groups in total. The Balaban J connectivity index is 1.51. The fraction of sp³-hybridized carbons (Fsp3) is 0.333. The van der Waals surface area contributed by atoms with E-state index in [0.29, 0.717) is 22.6 Å². The van der Waals surface area contributed by atoms with E-state index in [-0.39, 0.29) is 37.5 Å². The first kappa shape index (κ1) is 19.9. The van der Waals surface area contributed by atoms with Crippen LogP contribution in [0.15, 0.2) is 24.3 Å². The molecule has 1 heterocycles. The smallest absolute Gasteiger partial charge is 0.247 e. The first-order valence-corrected chi connectivity index (χ1v) is 10.2. The third-order valence-electron chi connectivity index (χ3n) is 6.95. The van der Waals surface area contributed by atoms with Crippen molar-refractivity contribution < 1.29 is 19.1 Å². The van der Waals surface area contributed by atoms with Gasteiger partial charge in [-0.25, -0.2) is 0 Å². The number of amides is 2. The molecule has 1 saturated heterocycles. The summed E-state index contributed by atoms with van der Waals surface area (Å²) in [6, 6.07) is 11.1. The third kappa shape index (κ3) is 2.53. The molecule has 8 nitrogen and oxygen atoms in total. The summed E-state index contributed by atoms with van der Waals surface area (Å²) in [5.74, 6) is 0.582. The van der Waals surface area contributed by atoms with Crippen LogP contribution in [-0.4, -0.2) is 37.1 Å². The fourth-order valence-electron chi connectivity index (χ4n) is 5.34. The van der Waals surface area contributed by atoms with Crippen molar-refractivity contribution >= 4 is 11.8 Å². The van der Waals surface area contributed by atoms with E-state index in [9.17, 15) is 20.1 Å². The zero-order valence-electron chi connectivity index (χ0n) is 17.7. The van der Waals surface area contributed by atoms with Crippen LogP contribution in [0.2, 0.25) is 0 Å². The van der Waals surface area contributed by atoms with Crippen LogP contribution in [0.25, 0.3) is 0 Å². The molecule has 2 aliphatic carbocycles. The van der Waals surface area contributed by atoms with Gasteiger partial charge in [0.2, 0.25) is 11.8 Å². The lowest BCUT2D eigenvalue weighted by atomic mass is 9.83. The van der Waals surface area contributed by atoms with Crippen LogP contribution in [0.5, 0.6) is 11.5 Å². The SMILES string of the molecule is COc1ccc(C#N)c2c1C[C@@]1(C2)NC(=O)[C@]2(Cc3c(C#N)ccc(OC)c3C2)NC1=O. The Labute approximate surface area is 184 Å². The van der Waals surface area contributed by atoms with E-state index in [0.717, 1.165) is 22.3 Å². The van der Waals surface area contributed by atoms with Crippen molar-refractivity contribution in [2.45, 2.75) is 36.8 Å². The van der Waals surface area contributed by atoms with Gasteiger partial charge in [-0.3, -0.25) is 9.59 Å². The molecule has 2 amide bonds. The third-order valence-corrected chi connectivity index (χ3v) is 6.95. The lowest BCUT2D eigenvalue weighted by Crippen LogP contribution is -2.75. The molecule has 2 aromatic rings. The average molecular weight is 428 g/mol. The molecule has 3 aliphatic rings. The predicted molar refractivity (Wildman–Crippen MR) is 112 cm³/mol. The van der Waals surface area contributed by atoms with E-state index in [4.69, 9.17) is 9.47 Å². The number of nitrogens with one attached hydrogen (secondary N) is 2. The minimum absolute atomic E-state index is 0.218. The van der Waals surface area contributed by atoms with Crippen molar-refractivity contribution in [1.29, 1.82) is 10.5 Å². The number of piperazine rings is 1. The molecule has 5 rings (SSSR count). The summed E-state index contributed by atoms with van der Waals surface area (Å²) in [7, 11) is 3.08. The highest BCUT2D eigenvalue weighted by Gasteiger charge is 2.58. The molecule has 32 heavy (non-hydrogen) atoms. The predicted octanol–water partition coefficient (Wildman–Crippen LogP) is 1.07. The van der Waals surface area contributed by atoms with Gasteiger partial charge in [0, 0.05) is 36.8 Å². The van der Waals surface area contributed by atoms with Crippen molar-refractivity contribution in [2.75, 3.05) is 14.2 Å². The van der Waals surface area contributed by atoms with Gasteiger partial charge in [-0.2, -0.15) is 10.5 Å². The Kier molecular flexibility index (Phi) is 4.18. The van der Waals surface area contributed by atoms with Gasteiger partial charge >= 0.3 is 0 Å². The van der Waals surface area contributed by atoms with Gasteiger partial charge in [0.1, 0.15) is 22.6 Å². The number of hydrogen-bond acceptors (Lipinski definition) is 6. The Hall–Kier alpha value is -4.04. The zero-order chi connectivity index (χ0) is 22.7. The Morgan fingerprint density at radius 1 is 0.719 bits per heavy atom. The number of ether oxygens (including phenoxy) is 2. The summed E-state index contributed by atoms with van der Waals surface area (Å²) < 4.78 is 10.9. The number of benzene rings is 2. The summed E-state index contributed by atoms with van der Waals surface area (Å²) in [5, 5.41) is 25.0. The molecular formula is C24H20N4O4. The van der Waals surface area contributed by atoms with Crippen LogP contribution in [0.1, 0.15) is 33.4 Å². The molecule has 160 valence electrons. The quantitative estimate of drug-likeness (QED) is 0.737. The maximum atomic E-state index is 13.5. The number of rotatable bonds is 2. The molecule has 1 fully saturated rings. The maximum Gasteiger partial charge on any atom is 0.247 e. The van der Waals surface area contributed by atoms with Gasteiger partial charge in [0.05, 0.1) is 37.5 Å². The van der Waals surface area contributed by atoms with Crippen LogP contribution >= 0.6 is 0 Å². The first-order chi connectivity index (χ1) is 15.4. The van der Waals surface area contributed by atoms with Crippen LogP contribution in [0.3, 0.4) is 0 Å². The molecule has 0 bridgehead atoms. The number of carbonyl (C=O) groups is 2.